The van der Waals surface area contributed by atoms with Gasteiger partial charge < -0.3 is 9.84 Å². The van der Waals surface area contributed by atoms with Gasteiger partial charge in [-0.2, -0.15) is 22.8 Å². The number of hydrogen-bond donors (Lipinski definition) is 1. The summed E-state index contributed by atoms with van der Waals surface area (Å²) in [5.74, 6) is -3.83. The molecule has 0 aliphatic carbocycles. The second-order valence-electron chi connectivity index (χ2n) is 7.46. The second kappa shape index (κ2) is 10.1. The summed E-state index contributed by atoms with van der Waals surface area (Å²) in [6, 6.07) is 3.70. The van der Waals surface area contributed by atoms with Crippen LogP contribution in [-0.4, -0.2) is 47.5 Å². The van der Waals surface area contributed by atoms with Crippen LogP contribution in [0.4, 0.5) is 17.6 Å². The fourth-order valence-electron chi connectivity index (χ4n) is 3.10. The van der Waals surface area contributed by atoms with Crippen LogP contribution >= 0.6 is 11.6 Å². The third kappa shape index (κ3) is 5.51. The predicted molar refractivity (Wildman–Crippen MR) is 115 cm³/mol. The first-order valence-corrected chi connectivity index (χ1v) is 10.6. The number of halogens is 5. The van der Waals surface area contributed by atoms with Gasteiger partial charge in [0, 0.05) is 18.7 Å². The van der Waals surface area contributed by atoms with E-state index in [0.29, 0.717) is 23.4 Å². The van der Waals surface area contributed by atoms with Gasteiger partial charge in [-0.05, 0) is 38.5 Å². The summed E-state index contributed by atoms with van der Waals surface area (Å²) in [6.07, 6.45) is -7.67. The van der Waals surface area contributed by atoms with E-state index in [0.717, 1.165) is 4.57 Å². The Kier molecular flexibility index (Phi) is 7.60. The number of aromatic nitrogens is 5. The van der Waals surface area contributed by atoms with Gasteiger partial charge in [-0.25, -0.2) is 14.2 Å². The van der Waals surface area contributed by atoms with Crippen LogP contribution in [0, 0.1) is 12.7 Å². The number of aliphatic hydroxyl groups excluding tert-OH is 1. The van der Waals surface area contributed by atoms with Gasteiger partial charge in [0.25, 0.3) is 0 Å². The van der Waals surface area contributed by atoms with Gasteiger partial charge in [0.05, 0.1) is 5.56 Å². The van der Waals surface area contributed by atoms with Crippen molar-refractivity contribution < 1.29 is 32.2 Å². The number of aryl methyl sites for hydroxylation is 1. The molecule has 14 heteroatoms. The molecule has 0 bridgehead atoms. The highest BCUT2D eigenvalue weighted by Gasteiger charge is 2.39. The number of nitrogens with zero attached hydrogens (tertiary/aromatic N) is 5. The summed E-state index contributed by atoms with van der Waals surface area (Å²) in [7, 11) is 0. The monoisotopic (exact) mass is 517 g/mol. The number of aliphatic hydroxyl groups is 1. The summed E-state index contributed by atoms with van der Waals surface area (Å²) in [5.41, 5.74) is -0.656. The highest BCUT2D eigenvalue weighted by atomic mass is 35.5. The molecular weight excluding hydrogens is 498 g/mol. The zero-order valence-corrected chi connectivity index (χ0v) is 19.5. The molecule has 3 aromatic rings. The standard InChI is InChI=1S/C21H20ClF4N5O4/c1-4-30-16(9-32)29-31(20(30)34)18-14(23)8-13(19(28-18)35-11(3)21(24,25)26)15(33)7-12-6-5-10(2)27-17(12)22/h5-6,8,11,32H,4,7,9H2,1-3H3/t11-/m0/s1. The lowest BCUT2D eigenvalue weighted by atomic mass is 10.0. The molecule has 0 aromatic carbocycles. The lowest BCUT2D eigenvalue weighted by Gasteiger charge is -2.19. The van der Waals surface area contributed by atoms with Gasteiger partial charge >= 0.3 is 11.9 Å². The van der Waals surface area contributed by atoms with Crippen molar-refractivity contribution in [2.45, 2.75) is 52.6 Å². The van der Waals surface area contributed by atoms with E-state index in [1.807, 2.05) is 0 Å². The predicted octanol–water partition coefficient (Wildman–Crippen LogP) is 3.19. The number of ether oxygens (including phenoxy) is 1. The first kappa shape index (κ1) is 26.3. The topological polar surface area (TPSA) is 112 Å². The van der Waals surface area contributed by atoms with Crippen molar-refractivity contribution >= 4 is 17.4 Å². The number of carbonyl (C=O) groups excluding carboxylic acids is 1. The van der Waals surface area contributed by atoms with Crippen molar-refractivity contribution in [3.05, 3.63) is 62.3 Å². The van der Waals surface area contributed by atoms with E-state index in [-0.39, 0.29) is 23.1 Å². The van der Waals surface area contributed by atoms with Crippen LogP contribution in [0.3, 0.4) is 0 Å². The smallest absolute Gasteiger partial charge is 0.425 e. The maximum atomic E-state index is 15.0. The van der Waals surface area contributed by atoms with Crippen molar-refractivity contribution in [1.29, 1.82) is 0 Å². The first-order chi connectivity index (χ1) is 16.4. The molecule has 0 spiro atoms. The molecule has 1 atom stereocenters. The van der Waals surface area contributed by atoms with Crippen molar-refractivity contribution in [3.63, 3.8) is 0 Å². The summed E-state index contributed by atoms with van der Waals surface area (Å²) < 4.78 is 61.0. The summed E-state index contributed by atoms with van der Waals surface area (Å²) in [5, 5.41) is 13.2. The van der Waals surface area contributed by atoms with Crippen LogP contribution in [0.15, 0.2) is 23.0 Å². The Balaban J connectivity index is 2.13. The molecule has 0 saturated heterocycles. The van der Waals surface area contributed by atoms with Crippen LogP contribution in [0.2, 0.25) is 5.15 Å². The van der Waals surface area contributed by atoms with Gasteiger partial charge in [-0.3, -0.25) is 9.36 Å². The maximum Gasteiger partial charge on any atom is 0.425 e. The van der Waals surface area contributed by atoms with Crippen LogP contribution in [0.5, 0.6) is 5.88 Å². The molecule has 3 aromatic heterocycles. The fraction of sp³-hybridized carbons (Fsp3) is 0.381. The van der Waals surface area contributed by atoms with E-state index in [9.17, 15) is 27.9 Å². The normalized spacial score (nSPS) is 12.6. The van der Waals surface area contributed by atoms with Gasteiger partial charge in [-0.1, -0.05) is 17.7 Å². The Hall–Kier alpha value is -3.32. The molecule has 1 N–H and O–H groups in total. The number of hydrogen-bond acceptors (Lipinski definition) is 7. The van der Waals surface area contributed by atoms with Crippen molar-refractivity contribution in [3.8, 4) is 11.7 Å². The van der Waals surface area contributed by atoms with Gasteiger partial charge in [0.2, 0.25) is 5.88 Å². The van der Waals surface area contributed by atoms with Crippen molar-refractivity contribution in [2.75, 3.05) is 0 Å². The van der Waals surface area contributed by atoms with E-state index < -0.39 is 59.9 Å². The van der Waals surface area contributed by atoms with Crippen molar-refractivity contribution in [2.24, 2.45) is 0 Å². The molecule has 0 saturated carbocycles. The lowest BCUT2D eigenvalue weighted by Crippen LogP contribution is -2.32. The molecule has 0 aliphatic rings. The fourth-order valence-corrected chi connectivity index (χ4v) is 3.36. The molecule has 3 heterocycles. The molecule has 188 valence electrons. The van der Waals surface area contributed by atoms with E-state index >= 15 is 4.39 Å². The molecule has 35 heavy (non-hydrogen) atoms. The molecule has 0 amide bonds. The van der Waals surface area contributed by atoms with Crippen molar-refractivity contribution in [1.82, 2.24) is 24.3 Å². The van der Waals surface area contributed by atoms with E-state index in [1.165, 1.54) is 6.07 Å². The molecule has 0 unspecified atom stereocenters. The van der Waals surface area contributed by atoms with E-state index in [4.69, 9.17) is 16.3 Å². The Morgan fingerprint density at radius 3 is 2.51 bits per heavy atom. The second-order valence-corrected chi connectivity index (χ2v) is 7.82. The van der Waals surface area contributed by atoms with Crippen LogP contribution in [0.25, 0.3) is 5.82 Å². The maximum absolute atomic E-state index is 15.0. The average Bonchev–Trinajstić information content (AvgIpc) is 3.10. The number of carbonyl (C=O) groups is 1. The van der Waals surface area contributed by atoms with Gasteiger partial charge in [0.15, 0.2) is 29.3 Å². The first-order valence-electron chi connectivity index (χ1n) is 10.3. The molecule has 0 aliphatic heterocycles. The zero-order valence-electron chi connectivity index (χ0n) is 18.7. The van der Waals surface area contributed by atoms with Gasteiger partial charge in [0.1, 0.15) is 11.8 Å². The number of pyridine rings is 2. The average molecular weight is 518 g/mol. The lowest BCUT2D eigenvalue weighted by molar-refractivity contribution is -0.190. The SMILES string of the molecule is CCn1c(CO)nn(-c2nc(O[C@@H](C)C(F)(F)F)c(C(=O)Cc3ccc(C)nc3Cl)cc2F)c1=O. The zero-order chi connectivity index (χ0) is 26.1. The summed E-state index contributed by atoms with van der Waals surface area (Å²) >= 11 is 6.04. The minimum atomic E-state index is -4.83. The minimum Gasteiger partial charge on any atom is -0.464 e. The molecule has 9 nitrogen and oxygen atoms in total. The Morgan fingerprint density at radius 2 is 1.97 bits per heavy atom. The van der Waals surface area contributed by atoms with Crippen LogP contribution in [-0.2, 0) is 19.6 Å². The van der Waals surface area contributed by atoms with E-state index in [1.54, 1.807) is 19.9 Å². The minimum absolute atomic E-state index is 0.00252. The Morgan fingerprint density at radius 1 is 1.29 bits per heavy atom. The highest BCUT2D eigenvalue weighted by Crippen LogP contribution is 2.29. The third-order valence-corrected chi connectivity index (χ3v) is 5.31. The summed E-state index contributed by atoms with van der Waals surface area (Å²) in [6.45, 7) is 3.34. The number of rotatable bonds is 8. The highest BCUT2D eigenvalue weighted by molar-refractivity contribution is 6.30. The quantitative estimate of drug-likeness (QED) is 0.277. The Bertz CT molecular complexity index is 1320. The molecule has 0 fully saturated rings. The van der Waals surface area contributed by atoms with Crippen LogP contribution < -0.4 is 10.4 Å². The van der Waals surface area contributed by atoms with E-state index in [2.05, 4.69) is 15.1 Å². The molecule has 0 radical (unpaired) electrons. The van der Waals surface area contributed by atoms with Gasteiger partial charge in [-0.15, -0.1) is 5.10 Å². The molecule has 3 rings (SSSR count). The number of ketones is 1. The Labute approximate surface area is 201 Å². The number of alkyl halides is 3. The third-order valence-electron chi connectivity index (χ3n) is 4.99. The molecular formula is C21H20ClF4N5O4. The van der Waals surface area contributed by atoms with Crippen LogP contribution in [0.1, 0.15) is 41.3 Å². The summed E-state index contributed by atoms with van der Waals surface area (Å²) in [4.78, 5) is 33.3. The number of Topliss-reactive ketones (excluding diaryl/α,β-unsaturated/α-hetero) is 1. The largest absolute Gasteiger partial charge is 0.464 e.